The Balaban J connectivity index is 1.78. The van der Waals surface area contributed by atoms with Gasteiger partial charge in [0.1, 0.15) is 5.76 Å². The van der Waals surface area contributed by atoms with Crippen molar-refractivity contribution in [3.8, 4) is 11.3 Å². The van der Waals surface area contributed by atoms with Gasteiger partial charge in [0.15, 0.2) is 5.76 Å². The van der Waals surface area contributed by atoms with Gasteiger partial charge in [0, 0.05) is 21.4 Å². The molecule has 3 N–H and O–H groups in total. The summed E-state index contributed by atoms with van der Waals surface area (Å²) in [5, 5.41) is 2.75. The second-order valence-corrected chi connectivity index (χ2v) is 5.67. The zero-order chi connectivity index (χ0) is 15.5. The van der Waals surface area contributed by atoms with Gasteiger partial charge in [-0.1, -0.05) is 34.1 Å². The van der Waals surface area contributed by atoms with Gasteiger partial charge in [-0.25, -0.2) is 0 Å². The largest absolute Gasteiger partial charge is 0.451 e. The molecule has 0 bridgehead atoms. The van der Waals surface area contributed by atoms with Gasteiger partial charge in [0.2, 0.25) is 0 Å². The van der Waals surface area contributed by atoms with Gasteiger partial charge in [0.05, 0.1) is 0 Å². The maximum Gasteiger partial charge on any atom is 0.291 e. The number of nitrogens with one attached hydrogen (secondary N) is 1. The first-order valence-corrected chi connectivity index (χ1v) is 7.44. The first-order chi connectivity index (χ1) is 10.6. The molecule has 22 heavy (non-hydrogen) atoms. The van der Waals surface area contributed by atoms with E-state index in [1.165, 1.54) is 0 Å². The van der Waals surface area contributed by atoms with Crippen molar-refractivity contribution in [1.29, 1.82) is 0 Å². The van der Waals surface area contributed by atoms with Gasteiger partial charge in [-0.3, -0.25) is 4.79 Å². The van der Waals surface area contributed by atoms with Gasteiger partial charge in [-0.15, -0.1) is 0 Å². The van der Waals surface area contributed by atoms with E-state index in [4.69, 9.17) is 10.2 Å². The van der Waals surface area contributed by atoms with Crippen LogP contribution in [0, 0.1) is 0 Å². The van der Waals surface area contributed by atoms with E-state index in [1.807, 2.05) is 24.3 Å². The second-order valence-electron chi connectivity index (χ2n) is 4.75. The Morgan fingerprint density at radius 2 is 1.82 bits per heavy atom. The molecule has 0 radical (unpaired) electrons. The summed E-state index contributed by atoms with van der Waals surface area (Å²) in [5.41, 5.74) is 7.82. The molecule has 0 aliphatic carbocycles. The van der Waals surface area contributed by atoms with E-state index in [1.54, 1.807) is 36.4 Å². The zero-order valence-corrected chi connectivity index (χ0v) is 13.1. The van der Waals surface area contributed by atoms with E-state index < -0.39 is 0 Å². The molecule has 2 aromatic carbocycles. The van der Waals surface area contributed by atoms with Crippen molar-refractivity contribution in [1.82, 2.24) is 0 Å². The van der Waals surface area contributed by atoms with Crippen molar-refractivity contribution < 1.29 is 9.21 Å². The number of hydrogen-bond donors (Lipinski definition) is 2. The Labute approximate surface area is 136 Å². The minimum Gasteiger partial charge on any atom is -0.451 e. The lowest BCUT2D eigenvalue weighted by molar-refractivity contribution is 0.0997. The lowest BCUT2D eigenvalue weighted by Crippen LogP contribution is -2.10. The van der Waals surface area contributed by atoms with Crippen LogP contribution in [-0.4, -0.2) is 5.91 Å². The first kappa shape index (κ1) is 14.4. The molecule has 4 nitrogen and oxygen atoms in total. The topological polar surface area (TPSA) is 68.3 Å². The van der Waals surface area contributed by atoms with Crippen molar-refractivity contribution in [2.75, 3.05) is 11.1 Å². The number of nitrogen functional groups attached to an aromatic ring is 1. The van der Waals surface area contributed by atoms with E-state index >= 15 is 0 Å². The smallest absolute Gasteiger partial charge is 0.291 e. The van der Waals surface area contributed by atoms with Crippen molar-refractivity contribution in [2.24, 2.45) is 0 Å². The van der Waals surface area contributed by atoms with Crippen molar-refractivity contribution in [3.63, 3.8) is 0 Å². The average molecular weight is 357 g/mol. The molecule has 1 aromatic heterocycles. The summed E-state index contributed by atoms with van der Waals surface area (Å²) in [6.07, 6.45) is 0. The number of furan rings is 1. The monoisotopic (exact) mass is 356 g/mol. The summed E-state index contributed by atoms with van der Waals surface area (Å²) in [6.45, 7) is 0. The Kier molecular flexibility index (Phi) is 3.98. The molecule has 1 amide bonds. The fourth-order valence-corrected chi connectivity index (χ4v) is 2.30. The maximum absolute atomic E-state index is 12.2. The fourth-order valence-electron chi connectivity index (χ4n) is 2.04. The number of anilines is 2. The SMILES string of the molecule is Nc1cccc(NC(=O)c2ccc(-c3ccc(Br)cc3)o2)c1. The van der Waals surface area contributed by atoms with Gasteiger partial charge in [-0.2, -0.15) is 0 Å². The van der Waals surface area contributed by atoms with Crippen LogP contribution in [0.5, 0.6) is 0 Å². The highest BCUT2D eigenvalue weighted by Gasteiger charge is 2.12. The van der Waals surface area contributed by atoms with E-state index in [9.17, 15) is 4.79 Å². The highest BCUT2D eigenvalue weighted by molar-refractivity contribution is 9.10. The van der Waals surface area contributed by atoms with Crippen LogP contribution in [-0.2, 0) is 0 Å². The normalized spacial score (nSPS) is 10.4. The van der Waals surface area contributed by atoms with Crippen molar-refractivity contribution in [3.05, 3.63) is 70.9 Å². The summed E-state index contributed by atoms with van der Waals surface area (Å²) in [7, 11) is 0. The number of benzene rings is 2. The Morgan fingerprint density at radius 3 is 2.55 bits per heavy atom. The second kappa shape index (κ2) is 6.07. The zero-order valence-electron chi connectivity index (χ0n) is 11.5. The third kappa shape index (κ3) is 3.20. The molecule has 0 saturated heterocycles. The lowest BCUT2D eigenvalue weighted by atomic mass is 10.2. The standard InChI is InChI=1S/C17H13BrN2O2/c18-12-6-4-11(5-7-12)15-8-9-16(22-15)17(21)20-14-3-1-2-13(19)10-14/h1-10H,19H2,(H,20,21). The minimum absolute atomic E-state index is 0.250. The molecule has 5 heteroatoms. The average Bonchev–Trinajstić information content (AvgIpc) is 2.98. The predicted molar refractivity (Wildman–Crippen MR) is 90.7 cm³/mol. The third-order valence-corrected chi connectivity index (χ3v) is 3.63. The van der Waals surface area contributed by atoms with Crippen LogP contribution in [0.3, 0.4) is 0 Å². The number of halogens is 1. The molecule has 0 aliphatic rings. The number of amides is 1. The molecule has 0 spiro atoms. The highest BCUT2D eigenvalue weighted by atomic mass is 79.9. The van der Waals surface area contributed by atoms with Gasteiger partial charge >= 0.3 is 0 Å². The van der Waals surface area contributed by atoms with E-state index in [0.717, 1.165) is 10.0 Å². The number of nitrogens with two attached hydrogens (primary N) is 1. The van der Waals surface area contributed by atoms with Gasteiger partial charge < -0.3 is 15.5 Å². The van der Waals surface area contributed by atoms with Crippen LogP contribution in [0.2, 0.25) is 0 Å². The summed E-state index contributed by atoms with van der Waals surface area (Å²) >= 11 is 3.38. The lowest BCUT2D eigenvalue weighted by Gasteiger charge is -2.04. The fraction of sp³-hybridized carbons (Fsp3) is 0. The molecule has 3 aromatic rings. The molecule has 110 valence electrons. The van der Waals surface area contributed by atoms with Crippen LogP contribution in [0.1, 0.15) is 10.6 Å². The number of carbonyl (C=O) groups excluding carboxylic acids is 1. The Bertz CT molecular complexity index is 810. The summed E-state index contributed by atoms with van der Waals surface area (Å²) in [6, 6.07) is 18.1. The molecule has 0 atom stereocenters. The summed E-state index contributed by atoms with van der Waals surface area (Å²) in [5.74, 6) is 0.583. The van der Waals surface area contributed by atoms with Crippen LogP contribution < -0.4 is 11.1 Å². The molecule has 3 rings (SSSR count). The molecule has 0 fully saturated rings. The van der Waals surface area contributed by atoms with Crippen LogP contribution in [0.25, 0.3) is 11.3 Å². The number of carbonyl (C=O) groups is 1. The van der Waals surface area contributed by atoms with E-state index in [2.05, 4.69) is 21.2 Å². The molecular weight excluding hydrogens is 344 g/mol. The molecule has 0 unspecified atom stereocenters. The predicted octanol–water partition coefficient (Wildman–Crippen LogP) is 4.54. The molecule has 1 heterocycles. The molecule has 0 saturated carbocycles. The number of rotatable bonds is 3. The third-order valence-electron chi connectivity index (χ3n) is 3.10. The van der Waals surface area contributed by atoms with Crippen LogP contribution >= 0.6 is 15.9 Å². The Morgan fingerprint density at radius 1 is 1.05 bits per heavy atom. The minimum atomic E-state index is -0.311. The van der Waals surface area contributed by atoms with Crippen molar-refractivity contribution in [2.45, 2.75) is 0 Å². The van der Waals surface area contributed by atoms with Gasteiger partial charge in [0.25, 0.3) is 5.91 Å². The number of hydrogen-bond acceptors (Lipinski definition) is 3. The van der Waals surface area contributed by atoms with Crippen LogP contribution in [0.15, 0.2) is 69.6 Å². The van der Waals surface area contributed by atoms with E-state index in [-0.39, 0.29) is 11.7 Å². The molecule has 0 aliphatic heterocycles. The van der Waals surface area contributed by atoms with E-state index in [0.29, 0.717) is 17.1 Å². The summed E-state index contributed by atoms with van der Waals surface area (Å²) < 4.78 is 6.60. The molecular formula is C17H13BrN2O2. The van der Waals surface area contributed by atoms with Crippen molar-refractivity contribution >= 4 is 33.2 Å². The maximum atomic E-state index is 12.2. The Hall–Kier alpha value is -2.53. The van der Waals surface area contributed by atoms with Gasteiger partial charge in [-0.05, 0) is 42.5 Å². The first-order valence-electron chi connectivity index (χ1n) is 6.64. The highest BCUT2D eigenvalue weighted by Crippen LogP contribution is 2.24. The quantitative estimate of drug-likeness (QED) is 0.676. The van der Waals surface area contributed by atoms with Crippen LogP contribution in [0.4, 0.5) is 11.4 Å². The summed E-state index contributed by atoms with van der Waals surface area (Å²) in [4.78, 5) is 12.2.